The highest BCUT2D eigenvalue weighted by Gasteiger charge is 2.33. The van der Waals surface area contributed by atoms with Crippen LogP contribution in [0.5, 0.6) is 23.0 Å². The maximum atomic E-state index is 13.3. The van der Waals surface area contributed by atoms with Crippen molar-refractivity contribution in [3.05, 3.63) is 107 Å². The van der Waals surface area contributed by atoms with Gasteiger partial charge in [-0.25, -0.2) is 4.39 Å². The maximum absolute atomic E-state index is 13.3. The molecule has 0 spiro atoms. The van der Waals surface area contributed by atoms with Crippen LogP contribution in [0, 0.1) is 5.82 Å². The Morgan fingerprint density at radius 1 is 0.975 bits per heavy atom. The van der Waals surface area contributed by atoms with Gasteiger partial charge in [0, 0.05) is 22.4 Å². The lowest BCUT2D eigenvalue weighted by Gasteiger charge is -2.35. The van der Waals surface area contributed by atoms with Crippen molar-refractivity contribution in [2.45, 2.75) is 32.9 Å². The van der Waals surface area contributed by atoms with Crippen LogP contribution in [0.2, 0.25) is 0 Å². The summed E-state index contributed by atoms with van der Waals surface area (Å²) in [5, 5.41) is 14.2. The van der Waals surface area contributed by atoms with Crippen molar-refractivity contribution in [2.24, 2.45) is 0 Å². The molecule has 0 aliphatic carbocycles. The first kappa shape index (κ1) is 25.6. The standard InChI is InChI=1S/C34H30FNO4/c1-20-18-34(2,3)36-26-13-12-25-31(30(20)26)29(40-28-15-14-27(37)33(38-4)32(25)28)17-22-6-5-7-24(16-22)39-19-21-8-10-23(35)11-9-21/h5-18,36-37H,19H2,1-4H3. The average Bonchev–Trinajstić information content (AvgIpc) is 2.92. The van der Waals surface area contributed by atoms with Crippen LogP contribution >= 0.6 is 0 Å². The minimum absolute atomic E-state index is 0.0541. The Labute approximate surface area is 233 Å². The van der Waals surface area contributed by atoms with Gasteiger partial charge in [-0.1, -0.05) is 36.4 Å². The number of benzene rings is 4. The first-order valence-corrected chi connectivity index (χ1v) is 13.1. The normalized spacial score (nSPS) is 15.6. The zero-order valence-corrected chi connectivity index (χ0v) is 22.8. The van der Waals surface area contributed by atoms with Crippen LogP contribution in [-0.2, 0) is 6.61 Å². The lowest BCUT2D eigenvalue weighted by molar-refractivity contribution is 0.306. The molecule has 0 unspecified atom stereocenters. The first-order chi connectivity index (χ1) is 19.2. The van der Waals surface area contributed by atoms with E-state index >= 15 is 0 Å². The van der Waals surface area contributed by atoms with Gasteiger partial charge in [0.1, 0.15) is 29.7 Å². The van der Waals surface area contributed by atoms with Crippen molar-refractivity contribution in [3.63, 3.8) is 0 Å². The van der Waals surface area contributed by atoms with Gasteiger partial charge in [-0.2, -0.15) is 0 Å². The predicted molar refractivity (Wildman–Crippen MR) is 157 cm³/mol. The lowest BCUT2D eigenvalue weighted by atomic mass is 9.83. The largest absolute Gasteiger partial charge is 0.504 e. The number of phenolic OH excluding ortho intramolecular Hbond substituents is 1. The number of hydrogen-bond acceptors (Lipinski definition) is 5. The van der Waals surface area contributed by atoms with Gasteiger partial charge in [0.05, 0.1) is 18.2 Å². The summed E-state index contributed by atoms with van der Waals surface area (Å²) in [6, 6.07) is 21.5. The van der Waals surface area contributed by atoms with Gasteiger partial charge in [-0.15, -0.1) is 0 Å². The van der Waals surface area contributed by atoms with Crippen molar-refractivity contribution >= 4 is 23.1 Å². The van der Waals surface area contributed by atoms with Gasteiger partial charge >= 0.3 is 0 Å². The number of ether oxygens (including phenoxy) is 3. The molecule has 0 fully saturated rings. The molecule has 0 amide bonds. The van der Waals surface area contributed by atoms with E-state index in [4.69, 9.17) is 14.2 Å². The SMILES string of the molecule is COc1c(O)ccc2c1-c1ccc3c(c1C(=Cc1cccc(OCc4ccc(F)cc4)c1)O2)C(C)=CC(C)(C)N3. The molecule has 202 valence electrons. The summed E-state index contributed by atoms with van der Waals surface area (Å²) in [7, 11) is 1.55. The molecule has 0 atom stereocenters. The maximum Gasteiger partial charge on any atom is 0.172 e. The third-order valence-electron chi connectivity index (χ3n) is 7.15. The minimum Gasteiger partial charge on any atom is -0.504 e. The summed E-state index contributed by atoms with van der Waals surface area (Å²) in [6.45, 7) is 6.72. The Balaban J connectivity index is 1.46. The highest BCUT2D eigenvalue weighted by molar-refractivity contribution is 6.02. The zero-order chi connectivity index (χ0) is 28.0. The number of fused-ring (bicyclic) bond motifs is 5. The number of methoxy groups -OCH3 is 1. The Kier molecular flexibility index (Phi) is 6.26. The van der Waals surface area contributed by atoms with Crippen LogP contribution in [0.4, 0.5) is 10.1 Å². The molecule has 0 bridgehead atoms. The second kappa shape index (κ2) is 9.79. The summed E-state index contributed by atoms with van der Waals surface area (Å²) in [5.41, 5.74) is 7.31. The van der Waals surface area contributed by atoms with Crippen molar-refractivity contribution in [3.8, 4) is 34.1 Å². The molecule has 6 heteroatoms. The highest BCUT2D eigenvalue weighted by Crippen LogP contribution is 2.54. The van der Waals surface area contributed by atoms with Crippen LogP contribution in [0.25, 0.3) is 28.5 Å². The fourth-order valence-electron chi connectivity index (χ4n) is 5.54. The van der Waals surface area contributed by atoms with Crippen LogP contribution in [0.1, 0.15) is 43.0 Å². The topological polar surface area (TPSA) is 60.0 Å². The second-order valence-corrected chi connectivity index (χ2v) is 10.7. The molecule has 40 heavy (non-hydrogen) atoms. The molecule has 0 radical (unpaired) electrons. The molecule has 5 nitrogen and oxygen atoms in total. The average molecular weight is 536 g/mol. The predicted octanol–water partition coefficient (Wildman–Crippen LogP) is 8.28. The second-order valence-electron chi connectivity index (χ2n) is 10.7. The van der Waals surface area contributed by atoms with Crippen LogP contribution in [0.15, 0.2) is 78.9 Å². The van der Waals surface area contributed by atoms with Crippen LogP contribution < -0.4 is 19.5 Å². The third-order valence-corrected chi connectivity index (χ3v) is 7.15. The van der Waals surface area contributed by atoms with Crippen LogP contribution in [0.3, 0.4) is 0 Å². The third kappa shape index (κ3) is 4.66. The van der Waals surface area contributed by atoms with E-state index in [9.17, 15) is 9.50 Å². The minimum atomic E-state index is -0.273. The Morgan fingerprint density at radius 2 is 1.77 bits per heavy atom. The highest BCUT2D eigenvalue weighted by atomic mass is 19.1. The fourth-order valence-corrected chi connectivity index (χ4v) is 5.54. The molecule has 2 aliphatic heterocycles. The first-order valence-electron chi connectivity index (χ1n) is 13.1. The number of hydrogen-bond donors (Lipinski definition) is 2. The fraction of sp³-hybridized carbons (Fsp3) is 0.176. The molecule has 0 saturated carbocycles. The number of nitrogens with one attached hydrogen (secondary N) is 1. The van der Waals surface area contributed by atoms with Gasteiger partial charge in [-0.05, 0) is 86.0 Å². The number of aromatic hydroxyl groups is 1. The van der Waals surface area contributed by atoms with Gasteiger partial charge in [0.15, 0.2) is 11.5 Å². The van der Waals surface area contributed by atoms with E-state index in [0.717, 1.165) is 39.1 Å². The van der Waals surface area contributed by atoms with Gasteiger partial charge in [-0.3, -0.25) is 0 Å². The Morgan fingerprint density at radius 3 is 2.55 bits per heavy atom. The van der Waals surface area contributed by atoms with Crippen molar-refractivity contribution in [1.29, 1.82) is 0 Å². The monoisotopic (exact) mass is 535 g/mol. The summed E-state index contributed by atoms with van der Waals surface area (Å²) in [5.74, 6) is 2.12. The Hall–Kier alpha value is -4.71. The smallest absolute Gasteiger partial charge is 0.172 e. The quantitative estimate of drug-likeness (QED) is 0.269. The molecule has 0 saturated heterocycles. The van der Waals surface area contributed by atoms with E-state index in [-0.39, 0.29) is 17.1 Å². The number of phenols is 1. The molecule has 2 aliphatic rings. The lowest BCUT2D eigenvalue weighted by Crippen LogP contribution is -2.32. The summed E-state index contributed by atoms with van der Waals surface area (Å²) >= 11 is 0. The number of anilines is 1. The summed E-state index contributed by atoms with van der Waals surface area (Å²) in [6.07, 6.45) is 4.21. The summed E-state index contributed by atoms with van der Waals surface area (Å²) in [4.78, 5) is 0. The number of allylic oxidation sites excluding steroid dienone is 1. The molecule has 6 rings (SSSR count). The van der Waals surface area contributed by atoms with Gasteiger partial charge in [0.25, 0.3) is 0 Å². The van der Waals surface area contributed by atoms with E-state index in [1.807, 2.05) is 30.3 Å². The number of halogens is 1. The van der Waals surface area contributed by atoms with E-state index in [1.54, 1.807) is 31.4 Å². The molecule has 0 aromatic heterocycles. The molecule has 2 N–H and O–H groups in total. The van der Waals surface area contributed by atoms with Crippen molar-refractivity contribution < 1.29 is 23.7 Å². The number of rotatable bonds is 5. The molecule has 2 heterocycles. The molecule has 4 aromatic carbocycles. The van der Waals surface area contributed by atoms with Crippen molar-refractivity contribution in [1.82, 2.24) is 0 Å². The Bertz CT molecular complexity index is 1690. The van der Waals surface area contributed by atoms with Crippen LogP contribution in [-0.4, -0.2) is 17.8 Å². The molecular weight excluding hydrogens is 505 g/mol. The molecular formula is C34H30FNO4. The van der Waals surface area contributed by atoms with Crippen molar-refractivity contribution in [2.75, 3.05) is 12.4 Å². The zero-order valence-electron chi connectivity index (χ0n) is 22.8. The van der Waals surface area contributed by atoms with E-state index in [2.05, 4.69) is 44.3 Å². The molecule has 4 aromatic rings. The van der Waals surface area contributed by atoms with E-state index < -0.39 is 0 Å². The van der Waals surface area contributed by atoms with Gasteiger partial charge < -0.3 is 24.6 Å². The van der Waals surface area contributed by atoms with Gasteiger partial charge in [0.2, 0.25) is 0 Å². The van der Waals surface area contributed by atoms with E-state index in [0.29, 0.717) is 35.2 Å². The summed E-state index contributed by atoms with van der Waals surface area (Å²) < 4.78 is 31.4. The van der Waals surface area contributed by atoms with E-state index in [1.165, 1.54) is 12.1 Å².